The number of nitrogens with zero attached hydrogens (tertiary/aromatic N) is 1. The molecule has 0 spiro atoms. The molecule has 1 aliphatic heterocycles. The number of hydrogen-bond donors (Lipinski definition) is 7. The summed E-state index contributed by atoms with van der Waals surface area (Å²) >= 11 is 0. The molecule has 0 radical (unpaired) electrons. The topological polar surface area (TPSA) is 249 Å². The van der Waals surface area contributed by atoms with E-state index in [-0.39, 0.29) is 0 Å². The largest absolute Gasteiger partial charge is 0.479 e. The number of Topliss-reactive ketones (excluding diaryl/α,β-unsaturated/α-hetero) is 1. The molecular formula is C19H34N4O10. The Labute approximate surface area is 190 Å². The third-order valence-electron chi connectivity index (χ3n) is 5.54. The van der Waals surface area contributed by atoms with E-state index in [4.69, 9.17) is 26.7 Å². The van der Waals surface area contributed by atoms with Crippen molar-refractivity contribution in [2.45, 2.75) is 81.9 Å². The molecule has 0 aliphatic carbocycles. The summed E-state index contributed by atoms with van der Waals surface area (Å²) in [6.07, 6.45) is -7.65. The molecule has 1 heterocycles. The van der Waals surface area contributed by atoms with Gasteiger partial charge in [-0.1, -0.05) is 0 Å². The number of aliphatic hydroxyl groups excluding tert-OH is 3. The summed E-state index contributed by atoms with van der Waals surface area (Å²) in [6.45, 7) is 2.53. The van der Waals surface area contributed by atoms with E-state index in [1.807, 2.05) is 0 Å². The van der Waals surface area contributed by atoms with Crippen LogP contribution in [0, 0.1) is 0 Å². The third-order valence-corrected chi connectivity index (χ3v) is 5.54. The second kappa shape index (κ2) is 11.8. The zero-order chi connectivity index (χ0) is 25.7. The van der Waals surface area contributed by atoms with Gasteiger partial charge >= 0.3 is 5.97 Å². The van der Waals surface area contributed by atoms with Gasteiger partial charge in [0.05, 0.1) is 24.8 Å². The highest BCUT2D eigenvalue weighted by Crippen LogP contribution is 2.27. The molecule has 0 aromatic rings. The van der Waals surface area contributed by atoms with E-state index in [2.05, 4.69) is 0 Å². The number of rotatable bonds is 12. The predicted octanol–water partition coefficient (Wildman–Crippen LogP) is -3.99. The molecule has 0 aromatic heterocycles. The highest BCUT2D eigenvalue weighted by Gasteiger charge is 2.52. The van der Waals surface area contributed by atoms with Gasteiger partial charge in [0.1, 0.15) is 18.3 Å². The minimum absolute atomic E-state index is 0.498. The standard InChI is InChI=1S/C19H34N4O10/c1-8(32-15-13(22)17(29)33-11(7-24)14(15)27)6-23(16(28)9(2)20)19(10(3)25,18(30)31)5-4-12(21)26/h8-9,11,13-15,17,24,27,29H,4-7,20,22H2,1-3H3,(H2,21,26)(H,30,31)/t8?,9-,11+,13+,14+,15+,17-,19-/m0/s1. The Kier molecular flexibility index (Phi) is 10.3. The summed E-state index contributed by atoms with van der Waals surface area (Å²) in [7, 11) is 0. The maximum absolute atomic E-state index is 12.9. The van der Waals surface area contributed by atoms with E-state index >= 15 is 0 Å². The number of aliphatic carboxylic acids is 1. The van der Waals surface area contributed by atoms with E-state index in [9.17, 15) is 39.6 Å². The second-order valence-electron chi connectivity index (χ2n) is 8.15. The van der Waals surface area contributed by atoms with Gasteiger partial charge in [0, 0.05) is 13.0 Å². The van der Waals surface area contributed by atoms with Crippen molar-refractivity contribution in [2.75, 3.05) is 13.2 Å². The summed E-state index contributed by atoms with van der Waals surface area (Å²) < 4.78 is 10.7. The zero-order valence-electron chi connectivity index (χ0n) is 18.8. The molecule has 10 N–H and O–H groups in total. The third kappa shape index (κ3) is 6.44. The first-order valence-corrected chi connectivity index (χ1v) is 10.3. The lowest BCUT2D eigenvalue weighted by atomic mass is 9.86. The van der Waals surface area contributed by atoms with E-state index in [0.717, 1.165) is 6.92 Å². The number of ketones is 1. The highest BCUT2D eigenvalue weighted by atomic mass is 16.6. The Balaban J connectivity index is 3.31. The zero-order valence-corrected chi connectivity index (χ0v) is 18.8. The van der Waals surface area contributed by atoms with E-state index < -0.39 is 97.9 Å². The fourth-order valence-electron chi connectivity index (χ4n) is 3.70. The lowest BCUT2D eigenvalue weighted by Crippen LogP contribution is -2.66. The highest BCUT2D eigenvalue weighted by molar-refractivity contribution is 6.10. The van der Waals surface area contributed by atoms with Crippen molar-refractivity contribution in [1.82, 2.24) is 4.90 Å². The number of carbonyl (C=O) groups excluding carboxylic acids is 3. The molecule has 1 rings (SSSR count). The average molecular weight is 478 g/mol. The fraction of sp³-hybridized carbons (Fsp3) is 0.789. The number of carboxylic acids is 1. The van der Waals surface area contributed by atoms with Crippen molar-refractivity contribution in [3.63, 3.8) is 0 Å². The number of ether oxygens (including phenoxy) is 2. The minimum Gasteiger partial charge on any atom is -0.479 e. The van der Waals surface area contributed by atoms with Crippen molar-refractivity contribution in [3.05, 3.63) is 0 Å². The van der Waals surface area contributed by atoms with Crippen LogP contribution >= 0.6 is 0 Å². The number of nitrogens with two attached hydrogens (primary N) is 3. The quantitative estimate of drug-likeness (QED) is 0.133. The van der Waals surface area contributed by atoms with Crippen LogP contribution in [0.3, 0.4) is 0 Å². The number of primary amides is 1. The first-order chi connectivity index (χ1) is 15.2. The molecule has 8 atom stereocenters. The molecule has 14 nitrogen and oxygen atoms in total. The lowest BCUT2D eigenvalue weighted by molar-refractivity contribution is -0.263. The van der Waals surface area contributed by atoms with Gasteiger partial charge in [0.15, 0.2) is 17.6 Å². The predicted molar refractivity (Wildman–Crippen MR) is 111 cm³/mol. The first kappa shape index (κ1) is 28.8. The van der Waals surface area contributed by atoms with E-state index in [1.54, 1.807) is 0 Å². The van der Waals surface area contributed by atoms with E-state index in [0.29, 0.717) is 4.90 Å². The van der Waals surface area contributed by atoms with Gasteiger partial charge in [0.25, 0.3) is 0 Å². The number of carbonyl (C=O) groups is 4. The summed E-state index contributed by atoms with van der Waals surface area (Å²) in [6, 6.07) is -2.45. The Morgan fingerprint density at radius 2 is 1.79 bits per heavy atom. The van der Waals surface area contributed by atoms with Gasteiger partial charge in [-0.25, -0.2) is 4.79 Å². The number of hydrogen-bond acceptors (Lipinski definition) is 11. The van der Waals surface area contributed by atoms with Crippen LogP contribution in [0.2, 0.25) is 0 Å². The van der Waals surface area contributed by atoms with Crippen LogP contribution in [-0.2, 0) is 28.7 Å². The van der Waals surface area contributed by atoms with Crippen molar-refractivity contribution in [2.24, 2.45) is 17.2 Å². The van der Waals surface area contributed by atoms with Crippen LogP contribution in [0.5, 0.6) is 0 Å². The Morgan fingerprint density at radius 3 is 2.21 bits per heavy atom. The normalized spacial score (nSPS) is 28.9. The molecule has 190 valence electrons. The Morgan fingerprint density at radius 1 is 1.21 bits per heavy atom. The van der Waals surface area contributed by atoms with Gasteiger partial charge in [-0.2, -0.15) is 0 Å². The van der Waals surface area contributed by atoms with Crippen molar-refractivity contribution in [3.8, 4) is 0 Å². The average Bonchev–Trinajstić information content (AvgIpc) is 2.71. The van der Waals surface area contributed by atoms with Crippen molar-refractivity contribution < 1.29 is 49.1 Å². The van der Waals surface area contributed by atoms with Crippen LogP contribution in [0.4, 0.5) is 0 Å². The number of amides is 2. The lowest BCUT2D eigenvalue weighted by Gasteiger charge is -2.44. The SMILES string of the molecule is CC(=O)[C@@](CCC(N)=O)(C(=O)O)N(CC(C)O[C@@H]1[C@@H](N)[C@@H](O)O[C@H](CO)[C@H]1O)C(=O)[C@H](C)N. The maximum atomic E-state index is 12.9. The van der Waals surface area contributed by atoms with Crippen LogP contribution in [-0.4, -0.2) is 110 Å². The molecule has 33 heavy (non-hydrogen) atoms. The number of aliphatic hydroxyl groups is 3. The van der Waals surface area contributed by atoms with Gasteiger partial charge in [-0.15, -0.1) is 0 Å². The summed E-state index contributed by atoms with van der Waals surface area (Å²) in [4.78, 5) is 49.7. The molecule has 2 amide bonds. The monoisotopic (exact) mass is 478 g/mol. The molecule has 1 aliphatic rings. The van der Waals surface area contributed by atoms with E-state index in [1.165, 1.54) is 13.8 Å². The fourth-order valence-corrected chi connectivity index (χ4v) is 3.70. The molecule has 0 saturated carbocycles. The van der Waals surface area contributed by atoms with Crippen molar-refractivity contribution in [1.29, 1.82) is 0 Å². The van der Waals surface area contributed by atoms with Crippen LogP contribution in [0.1, 0.15) is 33.6 Å². The second-order valence-corrected chi connectivity index (χ2v) is 8.15. The summed E-state index contributed by atoms with van der Waals surface area (Å²) in [5.74, 6) is -4.40. The Hall–Kier alpha value is -2.20. The molecule has 1 saturated heterocycles. The van der Waals surface area contributed by atoms with Crippen molar-refractivity contribution >= 4 is 23.6 Å². The first-order valence-electron chi connectivity index (χ1n) is 10.3. The van der Waals surface area contributed by atoms with Gasteiger partial charge in [0.2, 0.25) is 11.8 Å². The van der Waals surface area contributed by atoms with Crippen LogP contribution in [0.25, 0.3) is 0 Å². The number of carboxylic acid groups (broad SMARTS) is 1. The molecule has 14 heteroatoms. The molecule has 1 unspecified atom stereocenters. The van der Waals surface area contributed by atoms with Gasteiger partial charge in [-0.05, 0) is 27.2 Å². The molecular weight excluding hydrogens is 444 g/mol. The minimum atomic E-state index is -2.46. The van der Waals surface area contributed by atoms with Gasteiger partial charge in [-0.3, -0.25) is 14.4 Å². The maximum Gasteiger partial charge on any atom is 0.337 e. The smallest absolute Gasteiger partial charge is 0.337 e. The van der Waals surface area contributed by atoms with Crippen LogP contribution in [0.15, 0.2) is 0 Å². The molecule has 1 fully saturated rings. The van der Waals surface area contributed by atoms with Crippen LogP contribution < -0.4 is 17.2 Å². The molecule has 0 bridgehead atoms. The summed E-state index contributed by atoms with van der Waals surface area (Å²) in [5, 5.41) is 39.6. The molecule has 0 aromatic carbocycles. The summed E-state index contributed by atoms with van der Waals surface area (Å²) in [5.41, 5.74) is 14.2. The van der Waals surface area contributed by atoms with Gasteiger partial charge < -0.3 is 52.0 Å². The Bertz CT molecular complexity index is 719.